The third-order valence-electron chi connectivity index (χ3n) is 8.16. The number of hydrogen-bond acceptors (Lipinski definition) is 2. The van der Waals surface area contributed by atoms with E-state index in [4.69, 9.17) is 12.8 Å². The van der Waals surface area contributed by atoms with Gasteiger partial charge in [-0.15, -0.1) is 35.5 Å². The van der Waals surface area contributed by atoms with Crippen molar-refractivity contribution in [2.24, 2.45) is 0 Å². The van der Waals surface area contributed by atoms with Crippen LogP contribution >= 0.6 is 22.7 Å². The Morgan fingerprint density at radius 3 is 1.67 bits per heavy atom. The molecule has 2 heteroatoms. The fourth-order valence-electron chi connectivity index (χ4n) is 6.39. The molecule has 8 aromatic rings. The maximum Gasteiger partial charge on any atom is 0.0527 e. The maximum atomic E-state index is 6.28. The van der Waals surface area contributed by atoms with E-state index in [0.717, 1.165) is 65.3 Å². The molecule has 194 valence electrons. The van der Waals surface area contributed by atoms with Crippen LogP contribution in [0.5, 0.6) is 0 Å². The van der Waals surface area contributed by atoms with E-state index in [2.05, 4.69) is 132 Å². The van der Waals surface area contributed by atoms with Gasteiger partial charge in [-0.1, -0.05) is 103 Å². The normalized spacial score (nSPS) is 11.3. The first-order chi connectivity index (χ1) is 20.8. The summed E-state index contributed by atoms with van der Waals surface area (Å²) in [6.45, 7) is 0. The highest BCUT2D eigenvalue weighted by Gasteiger charge is 2.23. The van der Waals surface area contributed by atoms with Gasteiger partial charge in [-0.05, 0) is 72.4 Å². The van der Waals surface area contributed by atoms with Crippen molar-refractivity contribution in [2.75, 3.05) is 0 Å². The molecule has 0 spiro atoms. The van der Waals surface area contributed by atoms with Crippen LogP contribution in [-0.4, -0.2) is 0 Å². The van der Waals surface area contributed by atoms with Crippen LogP contribution in [0.15, 0.2) is 120 Å². The minimum Gasteiger partial charge on any atom is -0.143 e. The summed E-state index contributed by atoms with van der Waals surface area (Å²) in [5, 5.41) is 13.4. The highest BCUT2D eigenvalue weighted by Crippen LogP contribution is 2.50. The molecule has 0 nitrogen and oxygen atoms in total. The van der Waals surface area contributed by atoms with Crippen molar-refractivity contribution in [1.82, 2.24) is 0 Å². The van der Waals surface area contributed by atoms with Crippen molar-refractivity contribution in [1.29, 1.82) is 0 Å². The quantitative estimate of drug-likeness (QED) is 0.147. The monoisotopic (exact) mass is 566 g/mol. The van der Waals surface area contributed by atoms with Crippen LogP contribution in [0.1, 0.15) is 11.1 Å². The van der Waals surface area contributed by atoms with E-state index in [1.54, 1.807) is 22.7 Å². The molecule has 0 radical (unpaired) electrons. The van der Waals surface area contributed by atoms with Crippen LogP contribution in [0.4, 0.5) is 0 Å². The van der Waals surface area contributed by atoms with E-state index in [1.807, 2.05) is 0 Å². The predicted octanol–water partition coefficient (Wildman–Crippen LogP) is 11.4. The van der Waals surface area contributed by atoms with E-state index in [9.17, 15) is 0 Å². The molecule has 0 amide bonds. The molecule has 0 N–H and O–H groups in total. The van der Waals surface area contributed by atoms with Gasteiger partial charge in [0, 0.05) is 37.9 Å². The Bertz CT molecular complexity index is 2420. The van der Waals surface area contributed by atoms with Gasteiger partial charge in [0.1, 0.15) is 0 Å². The molecule has 0 fully saturated rings. The van der Waals surface area contributed by atoms with Crippen molar-refractivity contribution >= 4 is 65.8 Å². The molecule has 8 rings (SSSR count). The summed E-state index contributed by atoms with van der Waals surface area (Å²) >= 11 is 3.54. The zero-order valence-electron chi connectivity index (χ0n) is 22.5. The fraction of sp³-hybridized carbons (Fsp3) is 0. The minimum absolute atomic E-state index is 0.932. The number of hydrogen-bond donors (Lipinski definition) is 0. The Kier molecular flexibility index (Phi) is 5.73. The van der Waals surface area contributed by atoms with Crippen molar-refractivity contribution < 1.29 is 0 Å². The second-order valence-electron chi connectivity index (χ2n) is 10.4. The highest BCUT2D eigenvalue weighted by molar-refractivity contribution is 7.21. The molecule has 0 unspecified atom stereocenters. The number of fused-ring (bicyclic) bond motifs is 4. The first-order valence-electron chi connectivity index (χ1n) is 13.7. The summed E-state index contributed by atoms with van der Waals surface area (Å²) in [6, 6.07) is 38.7. The van der Waals surface area contributed by atoms with Gasteiger partial charge >= 0.3 is 0 Å². The van der Waals surface area contributed by atoms with Gasteiger partial charge in [0.25, 0.3) is 0 Å². The summed E-state index contributed by atoms with van der Waals surface area (Å²) in [5.74, 6) is 6.14. The Morgan fingerprint density at radius 2 is 1.07 bits per heavy atom. The average Bonchev–Trinajstić information content (AvgIpc) is 3.72. The lowest BCUT2D eigenvalue weighted by atomic mass is 9.86. The van der Waals surface area contributed by atoms with Gasteiger partial charge in [-0.3, -0.25) is 0 Å². The summed E-state index contributed by atoms with van der Waals surface area (Å²) < 4.78 is 0. The third kappa shape index (κ3) is 3.64. The van der Waals surface area contributed by atoms with Crippen LogP contribution < -0.4 is 0 Å². The number of thiophene rings is 2. The van der Waals surface area contributed by atoms with Crippen LogP contribution in [0.2, 0.25) is 0 Å². The molecule has 0 atom stereocenters. The SMILES string of the molecule is C#Cc1c2ccccc2cc2cccc(-c3csc(-c4cccs4)c3-c3cccc4cc5ccccc5c(C#C)c34)c12. The van der Waals surface area contributed by atoms with Crippen LogP contribution in [0.25, 0.3) is 75.1 Å². The molecule has 0 saturated carbocycles. The van der Waals surface area contributed by atoms with Crippen molar-refractivity contribution in [2.45, 2.75) is 0 Å². The van der Waals surface area contributed by atoms with Crippen molar-refractivity contribution in [3.63, 3.8) is 0 Å². The first-order valence-corrected chi connectivity index (χ1v) is 15.5. The van der Waals surface area contributed by atoms with Gasteiger partial charge in [0.15, 0.2) is 0 Å². The molecule has 6 aromatic carbocycles. The van der Waals surface area contributed by atoms with Gasteiger partial charge < -0.3 is 0 Å². The standard InChI is InChI=1S/C40H22S2/c1-3-29-31-16-7-5-12-25(31)22-27-14-9-18-33(37(27)29)35-24-42-40(36-20-11-21-41-36)39(35)34-19-10-15-28-23-26-13-6-8-17-32(26)30(4-2)38(28)34/h1-2,5-24H. The second-order valence-corrected chi connectivity index (χ2v) is 12.2. The van der Waals surface area contributed by atoms with E-state index < -0.39 is 0 Å². The Morgan fingerprint density at radius 1 is 0.500 bits per heavy atom. The molecule has 0 aliphatic heterocycles. The third-order valence-corrected chi connectivity index (χ3v) is 10.2. The van der Waals surface area contributed by atoms with Crippen LogP contribution in [0, 0.1) is 24.7 Å². The molecular formula is C40H22S2. The number of benzene rings is 6. The minimum atomic E-state index is 0.932. The molecule has 2 heterocycles. The summed E-state index contributed by atoms with van der Waals surface area (Å²) in [6.07, 6.45) is 12.5. The number of rotatable bonds is 3. The smallest absolute Gasteiger partial charge is 0.0527 e. The maximum absolute atomic E-state index is 6.28. The van der Waals surface area contributed by atoms with Gasteiger partial charge in [0.05, 0.1) is 4.88 Å². The molecule has 42 heavy (non-hydrogen) atoms. The van der Waals surface area contributed by atoms with E-state index in [0.29, 0.717) is 0 Å². The average molecular weight is 567 g/mol. The molecule has 0 bridgehead atoms. The predicted molar refractivity (Wildman–Crippen MR) is 184 cm³/mol. The van der Waals surface area contributed by atoms with E-state index >= 15 is 0 Å². The first kappa shape index (κ1) is 24.7. The van der Waals surface area contributed by atoms with Gasteiger partial charge in [0.2, 0.25) is 0 Å². The topological polar surface area (TPSA) is 0 Å². The highest BCUT2D eigenvalue weighted by atomic mass is 32.1. The fourth-order valence-corrected chi connectivity index (χ4v) is 8.35. The second kappa shape index (κ2) is 9.76. The zero-order chi connectivity index (χ0) is 28.2. The zero-order valence-corrected chi connectivity index (χ0v) is 24.2. The Balaban J connectivity index is 1.53. The lowest BCUT2D eigenvalue weighted by Crippen LogP contribution is -1.92. The van der Waals surface area contributed by atoms with Crippen molar-refractivity contribution in [3.8, 4) is 56.7 Å². The van der Waals surface area contributed by atoms with E-state index in [-0.39, 0.29) is 0 Å². The lowest BCUT2D eigenvalue weighted by Gasteiger charge is -2.16. The molecule has 0 aliphatic carbocycles. The lowest BCUT2D eigenvalue weighted by molar-refractivity contribution is 1.68. The Hall–Kier alpha value is -5.12. The largest absolute Gasteiger partial charge is 0.143 e. The Labute approximate surface area is 252 Å². The summed E-state index contributed by atoms with van der Waals surface area (Å²) in [4.78, 5) is 2.48. The molecule has 0 aliphatic rings. The van der Waals surface area contributed by atoms with Crippen LogP contribution in [-0.2, 0) is 0 Å². The van der Waals surface area contributed by atoms with E-state index in [1.165, 1.54) is 20.9 Å². The van der Waals surface area contributed by atoms with Gasteiger partial charge in [-0.25, -0.2) is 0 Å². The molecule has 0 saturated heterocycles. The summed E-state index contributed by atoms with van der Waals surface area (Å²) in [5.41, 5.74) is 6.52. The number of terminal acetylenes is 2. The molecule has 2 aromatic heterocycles. The molecular weight excluding hydrogens is 545 g/mol. The van der Waals surface area contributed by atoms with Crippen LogP contribution in [0.3, 0.4) is 0 Å². The van der Waals surface area contributed by atoms with Crippen molar-refractivity contribution in [3.05, 3.63) is 131 Å². The summed E-state index contributed by atoms with van der Waals surface area (Å²) in [7, 11) is 0. The van der Waals surface area contributed by atoms with Gasteiger partial charge in [-0.2, -0.15) is 0 Å².